The topological polar surface area (TPSA) is 34.5 Å². The van der Waals surface area contributed by atoms with E-state index in [2.05, 4.69) is 4.90 Å². The lowest BCUT2D eigenvalue weighted by atomic mass is 9.89. The number of nitrogens with zero attached hydrogens (tertiary/aromatic N) is 2. The van der Waals surface area contributed by atoms with Gasteiger partial charge in [-0.3, -0.25) is 9.69 Å². The van der Waals surface area contributed by atoms with Crippen LogP contribution >= 0.6 is 35.6 Å². The minimum Gasteiger partial charge on any atom is -0.468 e. The first kappa shape index (κ1) is 27.5. The molecule has 0 saturated carbocycles. The predicted molar refractivity (Wildman–Crippen MR) is 150 cm³/mol. The van der Waals surface area contributed by atoms with Crippen molar-refractivity contribution in [2.24, 2.45) is 0 Å². The molecule has 5 rings (SSSR count). The average Bonchev–Trinajstić information content (AvgIpc) is 3.17. The van der Waals surface area contributed by atoms with Crippen molar-refractivity contribution < 1.29 is 13.9 Å². The Morgan fingerprint density at radius 2 is 1.68 bits per heavy atom. The van der Waals surface area contributed by atoms with E-state index in [1.54, 1.807) is 12.1 Å². The Bertz CT molecular complexity index is 1380. The van der Waals surface area contributed by atoms with E-state index in [0.29, 0.717) is 22.5 Å². The zero-order valence-corrected chi connectivity index (χ0v) is 22.8. The lowest BCUT2D eigenvalue weighted by Gasteiger charge is -2.33. The van der Waals surface area contributed by atoms with Crippen molar-refractivity contribution in [2.75, 3.05) is 20.2 Å². The molecular formula is C29H28Cl3FN2O2. The van der Waals surface area contributed by atoms with Gasteiger partial charge in [-0.2, -0.15) is 0 Å². The first-order valence-corrected chi connectivity index (χ1v) is 12.8. The zero-order chi connectivity index (χ0) is 25.2. The molecular weight excluding hydrogens is 534 g/mol. The Kier molecular flexibility index (Phi) is 8.81. The first-order valence-electron chi connectivity index (χ1n) is 12.1. The minimum absolute atomic E-state index is 0. The summed E-state index contributed by atoms with van der Waals surface area (Å²) in [6.45, 7) is 2.41. The van der Waals surface area contributed by atoms with Crippen molar-refractivity contribution in [3.8, 4) is 11.3 Å². The number of methoxy groups -OCH3 is 1. The highest BCUT2D eigenvalue weighted by molar-refractivity contribution is 6.36. The lowest BCUT2D eigenvalue weighted by Crippen LogP contribution is -2.32. The number of hydrogen-bond donors (Lipinski definition) is 0. The third-order valence-corrected chi connectivity index (χ3v) is 7.73. The number of aromatic nitrogens is 1. The smallest absolute Gasteiger partial charge is 0.325 e. The summed E-state index contributed by atoms with van der Waals surface area (Å²) in [6, 6.07) is 20.4. The predicted octanol–water partition coefficient (Wildman–Crippen LogP) is 7.73. The molecule has 0 N–H and O–H groups in total. The van der Waals surface area contributed by atoms with Crippen LogP contribution in [-0.2, 0) is 22.6 Å². The maximum Gasteiger partial charge on any atom is 0.325 e. The molecule has 1 fully saturated rings. The van der Waals surface area contributed by atoms with Gasteiger partial charge in [-0.05, 0) is 78.9 Å². The second-order valence-corrected chi connectivity index (χ2v) is 10.0. The van der Waals surface area contributed by atoms with Gasteiger partial charge in [-0.15, -0.1) is 12.4 Å². The molecule has 8 heteroatoms. The van der Waals surface area contributed by atoms with Gasteiger partial charge in [0, 0.05) is 27.5 Å². The summed E-state index contributed by atoms with van der Waals surface area (Å²) < 4.78 is 21.4. The SMILES string of the molecule is COC(=O)Cn1c(-c2ccccc2)c(CN2CCC(c3c(Cl)cccc3Cl)CC2)c2cc(F)ccc21.Cl. The molecule has 1 aliphatic heterocycles. The maximum atomic E-state index is 14.4. The second-order valence-electron chi connectivity index (χ2n) is 9.20. The van der Waals surface area contributed by atoms with E-state index in [1.165, 1.54) is 13.2 Å². The van der Waals surface area contributed by atoms with Crippen LogP contribution in [0.15, 0.2) is 66.7 Å². The van der Waals surface area contributed by atoms with Crippen molar-refractivity contribution in [1.29, 1.82) is 0 Å². The van der Waals surface area contributed by atoms with E-state index in [-0.39, 0.29) is 30.7 Å². The Labute approximate surface area is 232 Å². The summed E-state index contributed by atoms with van der Waals surface area (Å²) in [5.41, 5.74) is 4.74. The van der Waals surface area contributed by atoms with Crippen LogP contribution in [0.5, 0.6) is 0 Å². The van der Waals surface area contributed by atoms with Crippen LogP contribution in [0.25, 0.3) is 22.2 Å². The molecule has 1 saturated heterocycles. The maximum absolute atomic E-state index is 14.4. The number of piperidine rings is 1. The van der Waals surface area contributed by atoms with Crippen LogP contribution in [0, 0.1) is 5.82 Å². The van der Waals surface area contributed by atoms with Crippen LogP contribution in [0.1, 0.15) is 29.9 Å². The number of benzene rings is 3. The summed E-state index contributed by atoms with van der Waals surface area (Å²) in [5.74, 6) is -0.350. The zero-order valence-electron chi connectivity index (χ0n) is 20.4. The number of esters is 1. The molecule has 4 aromatic rings. The molecule has 0 amide bonds. The van der Waals surface area contributed by atoms with E-state index < -0.39 is 0 Å². The van der Waals surface area contributed by atoms with Gasteiger partial charge in [0.2, 0.25) is 0 Å². The van der Waals surface area contributed by atoms with E-state index >= 15 is 0 Å². The molecule has 194 valence electrons. The summed E-state index contributed by atoms with van der Waals surface area (Å²) >= 11 is 13.0. The molecule has 1 aliphatic rings. The number of fused-ring (bicyclic) bond motifs is 1. The Morgan fingerprint density at radius 3 is 2.32 bits per heavy atom. The van der Waals surface area contributed by atoms with Crippen molar-refractivity contribution in [3.63, 3.8) is 0 Å². The van der Waals surface area contributed by atoms with Gasteiger partial charge >= 0.3 is 5.97 Å². The van der Waals surface area contributed by atoms with Crippen molar-refractivity contribution in [3.05, 3.63) is 93.7 Å². The van der Waals surface area contributed by atoms with Crippen molar-refractivity contribution in [2.45, 2.75) is 31.8 Å². The average molecular weight is 562 g/mol. The fraction of sp³-hybridized carbons (Fsp3) is 0.276. The number of hydrogen-bond acceptors (Lipinski definition) is 3. The molecule has 37 heavy (non-hydrogen) atoms. The fourth-order valence-corrected chi connectivity index (χ4v) is 6.05. The number of rotatable bonds is 6. The van der Waals surface area contributed by atoms with Crippen LogP contribution in [0.2, 0.25) is 10.0 Å². The van der Waals surface area contributed by atoms with Crippen LogP contribution in [-0.4, -0.2) is 35.6 Å². The monoisotopic (exact) mass is 560 g/mol. The Balaban J connectivity index is 0.00000320. The third-order valence-electron chi connectivity index (χ3n) is 7.07. The van der Waals surface area contributed by atoms with Gasteiger partial charge in [-0.25, -0.2) is 4.39 Å². The number of carbonyl (C=O) groups excluding carboxylic acids is 1. The molecule has 0 bridgehead atoms. The normalized spacial score (nSPS) is 14.5. The van der Waals surface area contributed by atoms with Gasteiger partial charge in [0.15, 0.2) is 0 Å². The van der Waals surface area contributed by atoms with E-state index in [0.717, 1.165) is 59.2 Å². The van der Waals surface area contributed by atoms with Gasteiger partial charge < -0.3 is 9.30 Å². The van der Waals surface area contributed by atoms with Crippen LogP contribution in [0.3, 0.4) is 0 Å². The van der Waals surface area contributed by atoms with Crippen molar-refractivity contribution >= 4 is 52.5 Å². The number of ether oxygens (including phenoxy) is 1. The van der Waals surface area contributed by atoms with Crippen LogP contribution < -0.4 is 0 Å². The first-order chi connectivity index (χ1) is 17.5. The number of carbonyl (C=O) groups is 1. The van der Waals surface area contributed by atoms with Gasteiger partial charge in [0.1, 0.15) is 12.4 Å². The number of likely N-dealkylation sites (tertiary alicyclic amines) is 1. The molecule has 3 aromatic carbocycles. The highest BCUT2D eigenvalue weighted by Gasteiger charge is 2.27. The summed E-state index contributed by atoms with van der Waals surface area (Å²) in [4.78, 5) is 14.7. The molecule has 0 atom stereocenters. The fourth-order valence-electron chi connectivity index (χ4n) is 5.34. The van der Waals surface area contributed by atoms with E-state index in [9.17, 15) is 9.18 Å². The summed E-state index contributed by atoms with van der Waals surface area (Å²) in [7, 11) is 1.38. The van der Waals surface area contributed by atoms with Gasteiger partial charge in [0.05, 0.1) is 12.8 Å². The molecule has 1 aromatic heterocycles. The number of halogens is 4. The van der Waals surface area contributed by atoms with Crippen molar-refractivity contribution in [1.82, 2.24) is 9.47 Å². The summed E-state index contributed by atoms with van der Waals surface area (Å²) in [5, 5.41) is 2.25. The molecule has 0 unspecified atom stereocenters. The van der Waals surface area contributed by atoms with Gasteiger partial charge in [-0.1, -0.05) is 59.6 Å². The third kappa shape index (κ3) is 5.65. The Hall–Kier alpha value is -2.57. The molecule has 2 heterocycles. The van der Waals surface area contributed by atoms with Gasteiger partial charge in [0.25, 0.3) is 0 Å². The second kappa shape index (κ2) is 11.9. The summed E-state index contributed by atoms with van der Waals surface area (Å²) in [6.07, 6.45) is 1.86. The van der Waals surface area contributed by atoms with E-state index in [1.807, 2.05) is 53.1 Å². The molecule has 0 radical (unpaired) electrons. The highest BCUT2D eigenvalue weighted by Crippen LogP contribution is 2.39. The molecule has 4 nitrogen and oxygen atoms in total. The minimum atomic E-state index is -0.350. The van der Waals surface area contributed by atoms with Crippen LogP contribution in [0.4, 0.5) is 4.39 Å². The quantitative estimate of drug-likeness (QED) is 0.226. The molecule has 0 aliphatic carbocycles. The lowest BCUT2D eigenvalue weighted by molar-refractivity contribution is -0.141. The molecule has 0 spiro atoms. The van der Waals surface area contributed by atoms with E-state index in [4.69, 9.17) is 27.9 Å². The largest absolute Gasteiger partial charge is 0.468 e. The standard InChI is InChI=1S/C29H27Cl2FN2O2.ClH/c1-36-27(35)18-34-26-11-10-21(32)16-22(26)23(29(34)20-6-3-2-4-7-20)17-33-14-12-19(13-15-33)28-24(30)8-5-9-25(28)31;/h2-11,16,19H,12-15,17-18H2,1H3;1H. The highest BCUT2D eigenvalue weighted by atomic mass is 35.5. The Morgan fingerprint density at radius 1 is 1.00 bits per heavy atom.